The molecule has 2 N–H and O–H groups in total. The molecule has 4 aromatic rings. The van der Waals surface area contributed by atoms with E-state index in [0.717, 1.165) is 22.4 Å². The monoisotopic (exact) mass is 411 g/mol. The zero-order valence-corrected chi connectivity index (χ0v) is 16.9. The summed E-state index contributed by atoms with van der Waals surface area (Å²) in [5, 5.41) is 12.6. The third kappa shape index (κ3) is 5.05. The van der Waals surface area contributed by atoms with Crippen LogP contribution in [0.2, 0.25) is 0 Å². The smallest absolute Gasteiger partial charge is 0.352 e. The molecule has 0 amide bonds. The van der Waals surface area contributed by atoms with Gasteiger partial charge in [0.2, 0.25) is 0 Å². The van der Waals surface area contributed by atoms with Gasteiger partial charge in [-0.15, -0.1) is 0 Å². The van der Waals surface area contributed by atoms with Gasteiger partial charge in [0.05, 0.1) is 23.8 Å². The number of hydrogen-bond acceptors (Lipinski definition) is 5. The van der Waals surface area contributed by atoms with Gasteiger partial charge in [0.15, 0.2) is 5.82 Å². The first kappa shape index (κ1) is 20.1. The lowest BCUT2D eigenvalue weighted by Gasteiger charge is -2.13. The molecule has 0 saturated carbocycles. The van der Waals surface area contributed by atoms with Crippen LogP contribution >= 0.6 is 0 Å². The van der Waals surface area contributed by atoms with E-state index in [1.165, 1.54) is 12.3 Å². The number of aryl methyl sites for hydroxylation is 1. The molecule has 0 fully saturated rings. The Balaban J connectivity index is 1.73. The summed E-state index contributed by atoms with van der Waals surface area (Å²) in [5.41, 5.74) is 4.48. The lowest BCUT2D eigenvalue weighted by molar-refractivity contribution is -0.132. The molecule has 154 valence electrons. The molecule has 2 aromatic carbocycles. The van der Waals surface area contributed by atoms with Crippen molar-refractivity contribution in [2.45, 2.75) is 13.3 Å². The highest BCUT2D eigenvalue weighted by molar-refractivity contribution is 5.95. The molecule has 6 nitrogen and oxygen atoms in total. The van der Waals surface area contributed by atoms with Crippen LogP contribution in [0.5, 0.6) is 0 Å². The Hall–Kier alpha value is -4.19. The van der Waals surface area contributed by atoms with Crippen molar-refractivity contribution in [2.24, 2.45) is 0 Å². The zero-order valence-electron chi connectivity index (χ0n) is 16.9. The van der Waals surface area contributed by atoms with E-state index in [4.69, 9.17) is 9.40 Å². The van der Waals surface area contributed by atoms with Crippen molar-refractivity contribution in [1.29, 1.82) is 0 Å². The molecule has 2 heterocycles. The summed E-state index contributed by atoms with van der Waals surface area (Å²) < 4.78 is 5.25. The number of furan rings is 1. The fourth-order valence-electron chi connectivity index (χ4n) is 3.10. The zero-order chi connectivity index (χ0) is 21.6. The quantitative estimate of drug-likeness (QED) is 0.408. The molecule has 0 bridgehead atoms. The number of anilines is 1. The van der Waals surface area contributed by atoms with E-state index >= 15 is 0 Å². The van der Waals surface area contributed by atoms with Crippen molar-refractivity contribution in [1.82, 2.24) is 9.97 Å². The first-order valence-electron chi connectivity index (χ1n) is 9.81. The van der Waals surface area contributed by atoms with Crippen LogP contribution in [0.4, 0.5) is 5.82 Å². The third-order valence-corrected chi connectivity index (χ3v) is 4.72. The van der Waals surface area contributed by atoms with E-state index in [0.29, 0.717) is 23.7 Å². The number of nitrogens with one attached hydrogen (secondary N) is 1. The van der Waals surface area contributed by atoms with Gasteiger partial charge in [0.25, 0.3) is 0 Å². The summed E-state index contributed by atoms with van der Waals surface area (Å²) in [6, 6.07) is 21.3. The number of rotatable bonds is 7. The van der Waals surface area contributed by atoms with Crippen LogP contribution < -0.4 is 5.32 Å². The van der Waals surface area contributed by atoms with Gasteiger partial charge in [-0.05, 0) is 24.6 Å². The van der Waals surface area contributed by atoms with Crippen molar-refractivity contribution in [3.8, 4) is 11.3 Å². The Kier molecular flexibility index (Phi) is 5.89. The molecule has 2 aromatic heterocycles. The number of aliphatic carboxylic acids is 1. The Morgan fingerprint density at radius 2 is 1.84 bits per heavy atom. The molecule has 0 radical (unpaired) electrons. The van der Waals surface area contributed by atoms with Crippen LogP contribution in [0.1, 0.15) is 22.6 Å². The van der Waals surface area contributed by atoms with Crippen molar-refractivity contribution in [2.75, 3.05) is 5.32 Å². The van der Waals surface area contributed by atoms with E-state index < -0.39 is 5.97 Å². The molecule has 0 atom stereocenters. The number of carboxylic acid groups (broad SMARTS) is 1. The fourth-order valence-corrected chi connectivity index (χ4v) is 3.10. The number of nitrogens with zero attached hydrogens (tertiary/aromatic N) is 2. The van der Waals surface area contributed by atoms with E-state index in [1.54, 1.807) is 18.3 Å². The number of carbonyl (C=O) groups is 1. The lowest BCUT2D eigenvalue weighted by atomic mass is 10.1. The molecular formula is C25H21N3O3. The molecule has 0 aliphatic rings. The van der Waals surface area contributed by atoms with Crippen LogP contribution in [0.25, 0.3) is 17.3 Å². The predicted octanol–water partition coefficient (Wildman–Crippen LogP) is 5.17. The predicted molar refractivity (Wildman–Crippen MR) is 119 cm³/mol. The highest BCUT2D eigenvalue weighted by atomic mass is 16.4. The highest BCUT2D eigenvalue weighted by Gasteiger charge is 2.15. The minimum Gasteiger partial charge on any atom is -0.477 e. The van der Waals surface area contributed by atoms with E-state index in [2.05, 4.69) is 10.3 Å². The SMILES string of the molecule is Cc1ccc(-c2cnc(NC(=Cc3ccco3)C(=O)O)c(Cc3ccccc3)n2)cc1. The average Bonchev–Trinajstić information content (AvgIpc) is 3.29. The Labute approximate surface area is 179 Å². The second-order valence-electron chi connectivity index (χ2n) is 7.08. The number of benzene rings is 2. The largest absolute Gasteiger partial charge is 0.477 e. The minimum absolute atomic E-state index is 0.0540. The van der Waals surface area contributed by atoms with Gasteiger partial charge in [0.1, 0.15) is 11.5 Å². The summed E-state index contributed by atoms with van der Waals surface area (Å²) in [6.07, 6.45) is 5.06. The standard InChI is InChI=1S/C25H21N3O3/c1-17-9-11-19(12-10-17)23-16-26-24(21(27-23)14-18-6-3-2-4-7-18)28-22(25(29)30)15-20-8-5-13-31-20/h2-13,15-16H,14H2,1H3,(H,26,28)(H,29,30). The Morgan fingerprint density at radius 3 is 2.52 bits per heavy atom. The van der Waals surface area contributed by atoms with Crippen molar-refractivity contribution in [3.05, 3.63) is 107 Å². The molecule has 0 spiro atoms. The summed E-state index contributed by atoms with van der Waals surface area (Å²) in [5.74, 6) is -0.301. The maximum atomic E-state index is 11.8. The molecule has 0 aliphatic carbocycles. The van der Waals surface area contributed by atoms with Crippen molar-refractivity contribution < 1.29 is 14.3 Å². The first-order chi connectivity index (χ1) is 15.1. The van der Waals surface area contributed by atoms with Gasteiger partial charge in [-0.3, -0.25) is 0 Å². The van der Waals surface area contributed by atoms with Crippen LogP contribution in [0.3, 0.4) is 0 Å². The number of aromatic nitrogens is 2. The summed E-state index contributed by atoms with van der Waals surface area (Å²) >= 11 is 0. The fraction of sp³-hybridized carbons (Fsp3) is 0.0800. The van der Waals surface area contributed by atoms with E-state index in [-0.39, 0.29) is 5.70 Å². The second kappa shape index (κ2) is 9.09. The third-order valence-electron chi connectivity index (χ3n) is 4.72. The summed E-state index contributed by atoms with van der Waals surface area (Å²) in [7, 11) is 0. The molecule has 4 rings (SSSR count). The Bertz CT molecular complexity index is 1200. The average molecular weight is 411 g/mol. The number of hydrogen-bond donors (Lipinski definition) is 2. The van der Waals surface area contributed by atoms with E-state index in [1.807, 2.05) is 61.5 Å². The van der Waals surface area contributed by atoms with Gasteiger partial charge < -0.3 is 14.8 Å². The number of carboxylic acids is 1. The minimum atomic E-state index is -1.12. The molecule has 31 heavy (non-hydrogen) atoms. The maximum absolute atomic E-state index is 11.8. The van der Waals surface area contributed by atoms with Gasteiger partial charge in [-0.25, -0.2) is 14.8 Å². The molecule has 6 heteroatoms. The van der Waals surface area contributed by atoms with Crippen LogP contribution in [-0.4, -0.2) is 21.0 Å². The van der Waals surface area contributed by atoms with Gasteiger partial charge >= 0.3 is 5.97 Å². The topological polar surface area (TPSA) is 88.2 Å². The lowest BCUT2D eigenvalue weighted by Crippen LogP contribution is -2.14. The van der Waals surface area contributed by atoms with Crippen LogP contribution in [-0.2, 0) is 11.2 Å². The van der Waals surface area contributed by atoms with Crippen LogP contribution in [0, 0.1) is 6.92 Å². The second-order valence-corrected chi connectivity index (χ2v) is 7.08. The maximum Gasteiger partial charge on any atom is 0.352 e. The first-order valence-corrected chi connectivity index (χ1v) is 9.81. The van der Waals surface area contributed by atoms with E-state index in [9.17, 15) is 9.90 Å². The van der Waals surface area contributed by atoms with Crippen LogP contribution in [0.15, 0.2) is 89.3 Å². The molecule has 0 saturated heterocycles. The molecule has 0 unspecified atom stereocenters. The highest BCUT2D eigenvalue weighted by Crippen LogP contribution is 2.23. The molecule has 0 aliphatic heterocycles. The summed E-state index contributed by atoms with van der Waals surface area (Å²) in [6.45, 7) is 2.03. The summed E-state index contributed by atoms with van der Waals surface area (Å²) in [4.78, 5) is 21.1. The van der Waals surface area contributed by atoms with Crippen molar-refractivity contribution >= 4 is 17.9 Å². The Morgan fingerprint density at radius 1 is 1.06 bits per heavy atom. The normalized spacial score (nSPS) is 11.3. The molecular weight excluding hydrogens is 390 g/mol. The van der Waals surface area contributed by atoms with Gasteiger partial charge in [-0.1, -0.05) is 60.2 Å². The van der Waals surface area contributed by atoms with Gasteiger partial charge in [0, 0.05) is 18.1 Å². The van der Waals surface area contributed by atoms with Gasteiger partial charge in [-0.2, -0.15) is 0 Å². The van der Waals surface area contributed by atoms with Crippen molar-refractivity contribution in [3.63, 3.8) is 0 Å².